The van der Waals surface area contributed by atoms with Crippen LogP contribution in [-0.4, -0.2) is 25.8 Å². The number of hydrogen-bond donors (Lipinski definition) is 2. The van der Waals surface area contributed by atoms with Gasteiger partial charge in [-0.3, -0.25) is 4.79 Å². The lowest BCUT2D eigenvalue weighted by Crippen LogP contribution is -2.31. The number of benzene rings is 1. The van der Waals surface area contributed by atoms with Crippen molar-refractivity contribution < 1.29 is 13.2 Å². The largest absolute Gasteiger partial charge is 0.398 e. The molecule has 1 atom stereocenters. The third-order valence-corrected chi connectivity index (χ3v) is 4.46. The molecule has 0 saturated heterocycles. The summed E-state index contributed by atoms with van der Waals surface area (Å²) in [5.74, 6) is -0.566. The van der Waals surface area contributed by atoms with Gasteiger partial charge in [0.2, 0.25) is 5.91 Å². The van der Waals surface area contributed by atoms with Gasteiger partial charge in [-0.1, -0.05) is 0 Å². The molecule has 0 heterocycles. The van der Waals surface area contributed by atoms with Crippen LogP contribution in [0.1, 0.15) is 6.92 Å². The van der Waals surface area contributed by atoms with Gasteiger partial charge in [0.15, 0.2) is 9.84 Å². The minimum Gasteiger partial charge on any atom is -0.398 e. The number of carbonyl (C=O) groups is 1. The van der Waals surface area contributed by atoms with Gasteiger partial charge in [0.05, 0.1) is 0 Å². The highest BCUT2D eigenvalue weighted by Gasteiger charge is 2.23. The zero-order chi connectivity index (χ0) is 13.2. The van der Waals surface area contributed by atoms with E-state index >= 15 is 0 Å². The van der Waals surface area contributed by atoms with E-state index in [0.29, 0.717) is 15.8 Å². The SMILES string of the molecule is CC(C(=O)Nc1ccc(N)c(Br)c1)S(C)(=O)=O. The van der Waals surface area contributed by atoms with Gasteiger partial charge < -0.3 is 11.1 Å². The van der Waals surface area contributed by atoms with Crippen molar-refractivity contribution in [3.63, 3.8) is 0 Å². The van der Waals surface area contributed by atoms with Crippen LogP contribution in [-0.2, 0) is 14.6 Å². The molecule has 1 amide bonds. The summed E-state index contributed by atoms with van der Waals surface area (Å²) in [6.07, 6.45) is 1.02. The first-order valence-corrected chi connectivity index (χ1v) is 7.51. The predicted molar refractivity (Wildman–Crippen MR) is 71.5 cm³/mol. The van der Waals surface area contributed by atoms with Gasteiger partial charge in [0.1, 0.15) is 5.25 Å². The molecule has 94 valence electrons. The molecule has 17 heavy (non-hydrogen) atoms. The fourth-order valence-electron chi connectivity index (χ4n) is 1.04. The minimum atomic E-state index is -3.39. The van der Waals surface area contributed by atoms with Crippen LogP contribution in [0.5, 0.6) is 0 Å². The summed E-state index contributed by atoms with van der Waals surface area (Å²) in [6, 6.07) is 4.83. The Bertz CT molecular complexity index is 542. The van der Waals surface area contributed by atoms with Crippen molar-refractivity contribution in [2.24, 2.45) is 0 Å². The number of carbonyl (C=O) groups excluding carboxylic acids is 1. The lowest BCUT2D eigenvalue weighted by Gasteiger charge is -2.11. The number of hydrogen-bond acceptors (Lipinski definition) is 4. The Morgan fingerprint density at radius 2 is 2.06 bits per heavy atom. The molecule has 1 rings (SSSR count). The van der Waals surface area contributed by atoms with Gasteiger partial charge in [0.25, 0.3) is 0 Å². The molecule has 5 nitrogen and oxygen atoms in total. The Labute approximate surface area is 108 Å². The number of sulfone groups is 1. The van der Waals surface area contributed by atoms with Crippen molar-refractivity contribution in [3.05, 3.63) is 22.7 Å². The van der Waals surface area contributed by atoms with Crippen LogP contribution in [0.2, 0.25) is 0 Å². The molecule has 0 spiro atoms. The Balaban J connectivity index is 2.85. The van der Waals surface area contributed by atoms with Crippen molar-refractivity contribution in [3.8, 4) is 0 Å². The predicted octanol–water partition coefficient (Wildman–Crippen LogP) is 1.40. The zero-order valence-corrected chi connectivity index (χ0v) is 11.8. The van der Waals surface area contributed by atoms with Crippen molar-refractivity contribution >= 4 is 43.0 Å². The Morgan fingerprint density at radius 1 is 1.47 bits per heavy atom. The molecule has 1 aromatic carbocycles. The highest BCUT2D eigenvalue weighted by molar-refractivity contribution is 9.10. The molecule has 0 aliphatic carbocycles. The summed E-state index contributed by atoms with van der Waals surface area (Å²) in [4.78, 5) is 11.6. The lowest BCUT2D eigenvalue weighted by molar-refractivity contribution is -0.115. The van der Waals surface area contributed by atoms with Crippen molar-refractivity contribution in [2.45, 2.75) is 12.2 Å². The number of amides is 1. The number of anilines is 2. The van der Waals surface area contributed by atoms with Crippen LogP contribution in [0, 0.1) is 0 Å². The molecule has 0 aliphatic heterocycles. The Morgan fingerprint density at radius 3 is 2.53 bits per heavy atom. The van der Waals surface area contributed by atoms with Crippen molar-refractivity contribution in [1.82, 2.24) is 0 Å². The fourth-order valence-corrected chi connectivity index (χ4v) is 1.87. The third-order valence-electron chi connectivity index (χ3n) is 2.28. The maximum absolute atomic E-state index is 11.6. The maximum Gasteiger partial charge on any atom is 0.242 e. The molecule has 7 heteroatoms. The van der Waals surface area contributed by atoms with Gasteiger partial charge in [-0.2, -0.15) is 0 Å². The molecule has 0 fully saturated rings. The summed E-state index contributed by atoms with van der Waals surface area (Å²) in [6.45, 7) is 1.34. The molecule has 0 aromatic heterocycles. The normalized spacial score (nSPS) is 13.1. The standard InChI is InChI=1S/C10H13BrN2O3S/c1-6(17(2,15)16)10(14)13-7-3-4-9(12)8(11)5-7/h3-6H,12H2,1-2H3,(H,13,14). The Hall–Kier alpha value is -1.08. The fraction of sp³-hybridized carbons (Fsp3) is 0.300. The second kappa shape index (κ2) is 5.05. The average molecular weight is 321 g/mol. The molecule has 0 saturated carbocycles. The van der Waals surface area contributed by atoms with E-state index in [1.807, 2.05) is 0 Å². The first-order valence-electron chi connectivity index (χ1n) is 4.76. The molecule has 1 aromatic rings. The summed E-state index contributed by atoms with van der Waals surface area (Å²) >= 11 is 3.22. The summed E-state index contributed by atoms with van der Waals surface area (Å²) in [5, 5.41) is 1.43. The van der Waals surface area contributed by atoms with Crippen LogP contribution < -0.4 is 11.1 Å². The molecular weight excluding hydrogens is 308 g/mol. The van der Waals surface area contributed by atoms with E-state index in [1.165, 1.54) is 6.92 Å². The van der Waals surface area contributed by atoms with E-state index < -0.39 is 21.0 Å². The number of halogens is 1. The number of nitrogens with two attached hydrogens (primary N) is 1. The molecule has 0 aliphatic rings. The van der Waals surface area contributed by atoms with Gasteiger partial charge in [-0.15, -0.1) is 0 Å². The first-order chi connectivity index (χ1) is 7.71. The van der Waals surface area contributed by atoms with Crippen LogP contribution in [0.3, 0.4) is 0 Å². The summed E-state index contributed by atoms with van der Waals surface area (Å²) in [7, 11) is -3.39. The van der Waals surface area contributed by atoms with Gasteiger partial charge in [-0.05, 0) is 41.1 Å². The van der Waals surface area contributed by atoms with Gasteiger partial charge in [-0.25, -0.2) is 8.42 Å². The maximum atomic E-state index is 11.6. The molecule has 1 unspecified atom stereocenters. The van der Waals surface area contributed by atoms with Crippen LogP contribution in [0.4, 0.5) is 11.4 Å². The average Bonchev–Trinajstić information content (AvgIpc) is 2.21. The van der Waals surface area contributed by atoms with Crippen molar-refractivity contribution in [2.75, 3.05) is 17.3 Å². The summed E-state index contributed by atoms with van der Waals surface area (Å²) < 4.78 is 23.0. The zero-order valence-electron chi connectivity index (χ0n) is 9.40. The molecule has 3 N–H and O–H groups in total. The third kappa shape index (κ3) is 3.71. The second-order valence-electron chi connectivity index (χ2n) is 3.70. The quantitative estimate of drug-likeness (QED) is 0.824. The topological polar surface area (TPSA) is 89.3 Å². The minimum absolute atomic E-state index is 0.492. The van der Waals surface area contributed by atoms with Crippen molar-refractivity contribution in [1.29, 1.82) is 0 Å². The van der Waals surface area contributed by atoms with Crippen LogP contribution >= 0.6 is 15.9 Å². The number of nitrogen functional groups attached to an aromatic ring is 1. The van der Waals surface area contributed by atoms with Crippen LogP contribution in [0.25, 0.3) is 0 Å². The van der Waals surface area contributed by atoms with Crippen LogP contribution in [0.15, 0.2) is 22.7 Å². The van der Waals surface area contributed by atoms with E-state index in [-0.39, 0.29) is 0 Å². The highest BCUT2D eigenvalue weighted by Crippen LogP contribution is 2.23. The number of nitrogens with one attached hydrogen (secondary N) is 1. The molecule has 0 radical (unpaired) electrons. The number of rotatable bonds is 3. The smallest absolute Gasteiger partial charge is 0.242 e. The van der Waals surface area contributed by atoms with Gasteiger partial charge >= 0.3 is 0 Å². The highest BCUT2D eigenvalue weighted by atomic mass is 79.9. The second-order valence-corrected chi connectivity index (χ2v) is 6.92. The van der Waals surface area contributed by atoms with E-state index in [9.17, 15) is 13.2 Å². The van der Waals surface area contributed by atoms with E-state index in [0.717, 1.165) is 6.26 Å². The van der Waals surface area contributed by atoms with E-state index in [2.05, 4.69) is 21.2 Å². The lowest BCUT2D eigenvalue weighted by atomic mass is 10.3. The molecular formula is C10H13BrN2O3S. The Kier molecular flexibility index (Phi) is 4.16. The van der Waals surface area contributed by atoms with E-state index in [1.54, 1.807) is 18.2 Å². The first kappa shape index (κ1) is 14.0. The molecule has 0 bridgehead atoms. The van der Waals surface area contributed by atoms with E-state index in [4.69, 9.17) is 5.73 Å². The monoisotopic (exact) mass is 320 g/mol. The van der Waals surface area contributed by atoms with Gasteiger partial charge in [0, 0.05) is 22.1 Å². The summed E-state index contributed by atoms with van der Waals surface area (Å²) in [5.41, 5.74) is 6.63.